The summed E-state index contributed by atoms with van der Waals surface area (Å²) < 4.78 is 0. The fraction of sp³-hybridized carbons (Fsp3) is 0.667. The van der Waals surface area contributed by atoms with Gasteiger partial charge in [0.05, 0.1) is 0 Å². The number of nitrogens with one attached hydrogen (secondary N) is 2. The van der Waals surface area contributed by atoms with Crippen molar-refractivity contribution in [1.29, 1.82) is 0 Å². The summed E-state index contributed by atoms with van der Waals surface area (Å²) >= 11 is 0. The van der Waals surface area contributed by atoms with Crippen LogP contribution in [0.5, 0.6) is 0 Å². The smallest absolute Gasteiger partial charge is 0.235 e. The first-order chi connectivity index (χ1) is 5.70. The summed E-state index contributed by atoms with van der Waals surface area (Å²) in [5.41, 5.74) is 0. The molecule has 0 saturated carbocycles. The summed E-state index contributed by atoms with van der Waals surface area (Å²) in [6, 6.07) is 3.15. The quantitative estimate of drug-likeness (QED) is 0.428. The summed E-state index contributed by atoms with van der Waals surface area (Å²) in [6.07, 6.45) is 0.839. The summed E-state index contributed by atoms with van der Waals surface area (Å²) in [5, 5.41) is 5.69. The summed E-state index contributed by atoms with van der Waals surface area (Å²) in [7, 11) is 0. The fourth-order valence-corrected chi connectivity index (χ4v) is 1.00. The highest BCUT2D eigenvalue weighted by atomic mass is 16.2. The Hall–Kier alpha value is -1.17. The van der Waals surface area contributed by atoms with Crippen LogP contribution in [0.2, 0.25) is 0 Å². The first-order valence-electron chi connectivity index (χ1n) is 4.24. The third-order valence-electron chi connectivity index (χ3n) is 1.66. The molecular weight excluding hydrogens is 152 g/mol. The maximum Gasteiger partial charge on any atom is 0.235 e. The van der Waals surface area contributed by atoms with E-state index in [1.54, 1.807) is 0 Å². The molecule has 1 rings (SSSR count). The van der Waals surface area contributed by atoms with Gasteiger partial charge in [-0.15, -0.1) is 0 Å². The number of carbonyl (C=O) groups is 1. The SMILES string of the molecule is CC(C)NC#C[C@@H]1CCNC1=O. The van der Waals surface area contributed by atoms with Crippen molar-refractivity contribution in [3.05, 3.63) is 0 Å². The van der Waals surface area contributed by atoms with E-state index >= 15 is 0 Å². The van der Waals surface area contributed by atoms with E-state index in [1.165, 1.54) is 0 Å². The van der Waals surface area contributed by atoms with Gasteiger partial charge in [-0.3, -0.25) is 4.79 Å². The molecule has 1 saturated heterocycles. The van der Waals surface area contributed by atoms with E-state index in [9.17, 15) is 4.79 Å². The van der Waals surface area contributed by atoms with Crippen LogP contribution in [0.15, 0.2) is 0 Å². The molecule has 2 N–H and O–H groups in total. The predicted octanol–water partition coefficient (Wildman–Crippen LogP) is 0.0814. The van der Waals surface area contributed by atoms with E-state index in [4.69, 9.17) is 0 Å². The lowest BCUT2D eigenvalue weighted by Crippen LogP contribution is -2.19. The van der Waals surface area contributed by atoms with E-state index in [0.717, 1.165) is 13.0 Å². The van der Waals surface area contributed by atoms with Gasteiger partial charge in [0.2, 0.25) is 5.91 Å². The molecule has 3 heteroatoms. The molecule has 0 bridgehead atoms. The molecule has 0 unspecified atom stereocenters. The van der Waals surface area contributed by atoms with Crippen LogP contribution in [-0.4, -0.2) is 18.5 Å². The zero-order chi connectivity index (χ0) is 8.97. The molecule has 0 aromatic carbocycles. The van der Waals surface area contributed by atoms with Gasteiger partial charge in [0.15, 0.2) is 0 Å². The molecule has 66 valence electrons. The van der Waals surface area contributed by atoms with Gasteiger partial charge in [0.1, 0.15) is 5.92 Å². The van der Waals surface area contributed by atoms with Crippen LogP contribution in [0.4, 0.5) is 0 Å². The molecule has 1 amide bonds. The maximum atomic E-state index is 11.0. The van der Waals surface area contributed by atoms with E-state index in [0.29, 0.717) is 6.04 Å². The Morgan fingerprint density at radius 1 is 1.67 bits per heavy atom. The van der Waals surface area contributed by atoms with Crippen molar-refractivity contribution in [2.45, 2.75) is 26.3 Å². The van der Waals surface area contributed by atoms with Crippen molar-refractivity contribution in [3.8, 4) is 12.0 Å². The molecule has 3 nitrogen and oxygen atoms in total. The van der Waals surface area contributed by atoms with Crippen molar-refractivity contribution in [3.63, 3.8) is 0 Å². The van der Waals surface area contributed by atoms with Crippen molar-refractivity contribution >= 4 is 5.91 Å². The van der Waals surface area contributed by atoms with E-state index in [2.05, 4.69) is 22.6 Å². The minimum atomic E-state index is -0.101. The third kappa shape index (κ3) is 2.46. The minimum absolute atomic E-state index is 0.0630. The Labute approximate surface area is 72.9 Å². The molecule has 1 fully saturated rings. The summed E-state index contributed by atoms with van der Waals surface area (Å²) in [5.74, 6) is 2.85. The van der Waals surface area contributed by atoms with Crippen molar-refractivity contribution in [2.24, 2.45) is 5.92 Å². The van der Waals surface area contributed by atoms with Gasteiger partial charge in [-0.1, -0.05) is 5.92 Å². The third-order valence-corrected chi connectivity index (χ3v) is 1.66. The van der Waals surface area contributed by atoms with Gasteiger partial charge in [-0.05, 0) is 20.3 Å². The number of hydrogen-bond acceptors (Lipinski definition) is 2. The van der Waals surface area contributed by atoms with E-state index in [1.807, 2.05) is 13.8 Å². The maximum absolute atomic E-state index is 11.0. The van der Waals surface area contributed by atoms with Gasteiger partial charge < -0.3 is 10.6 Å². The Morgan fingerprint density at radius 3 is 2.92 bits per heavy atom. The highest BCUT2D eigenvalue weighted by Gasteiger charge is 2.21. The van der Waals surface area contributed by atoms with Gasteiger partial charge in [0.25, 0.3) is 0 Å². The Bertz CT molecular complexity index is 224. The summed E-state index contributed by atoms with van der Waals surface area (Å²) in [4.78, 5) is 11.0. The molecule has 12 heavy (non-hydrogen) atoms. The van der Waals surface area contributed by atoms with Crippen LogP contribution < -0.4 is 10.6 Å². The van der Waals surface area contributed by atoms with Crippen LogP contribution in [0.3, 0.4) is 0 Å². The van der Waals surface area contributed by atoms with Crippen LogP contribution in [-0.2, 0) is 4.79 Å². The van der Waals surface area contributed by atoms with Gasteiger partial charge in [0, 0.05) is 18.6 Å². The average Bonchev–Trinajstić information content (AvgIpc) is 2.36. The highest BCUT2D eigenvalue weighted by molar-refractivity contribution is 5.83. The molecule has 1 aliphatic rings. The minimum Gasteiger partial charge on any atom is -0.355 e. The first-order valence-corrected chi connectivity index (χ1v) is 4.24. The van der Waals surface area contributed by atoms with Gasteiger partial charge >= 0.3 is 0 Å². The predicted molar refractivity (Wildman–Crippen MR) is 47.2 cm³/mol. The molecule has 1 heterocycles. The van der Waals surface area contributed by atoms with Gasteiger partial charge in [-0.25, -0.2) is 0 Å². The Morgan fingerprint density at radius 2 is 2.42 bits per heavy atom. The van der Waals surface area contributed by atoms with Crippen LogP contribution >= 0.6 is 0 Å². The second-order valence-electron chi connectivity index (χ2n) is 3.20. The topological polar surface area (TPSA) is 41.1 Å². The standard InChI is InChI=1S/C9H14N2O/c1-7(2)10-5-3-8-4-6-11-9(8)12/h7-8,10H,4,6H2,1-2H3,(H,11,12)/t8-/m1/s1. The zero-order valence-corrected chi connectivity index (χ0v) is 7.48. The zero-order valence-electron chi connectivity index (χ0n) is 7.48. The number of rotatable bonds is 1. The molecular formula is C9H14N2O. The molecule has 0 aliphatic carbocycles. The first kappa shape index (κ1) is 8.92. The molecule has 0 aromatic heterocycles. The Balaban J connectivity index is 2.37. The van der Waals surface area contributed by atoms with Crippen LogP contribution in [0.25, 0.3) is 0 Å². The largest absolute Gasteiger partial charge is 0.355 e. The van der Waals surface area contributed by atoms with Crippen molar-refractivity contribution in [1.82, 2.24) is 10.6 Å². The number of amides is 1. The molecule has 0 aromatic rings. The van der Waals surface area contributed by atoms with Crippen LogP contribution in [0, 0.1) is 17.9 Å². The molecule has 1 atom stereocenters. The second-order valence-corrected chi connectivity index (χ2v) is 3.20. The Kier molecular flexibility index (Phi) is 2.98. The van der Waals surface area contributed by atoms with E-state index in [-0.39, 0.29) is 11.8 Å². The number of carbonyl (C=O) groups excluding carboxylic acids is 1. The molecule has 0 spiro atoms. The lowest BCUT2D eigenvalue weighted by atomic mass is 10.1. The van der Waals surface area contributed by atoms with Gasteiger partial charge in [-0.2, -0.15) is 0 Å². The normalized spacial score (nSPS) is 21.6. The fourth-order valence-electron chi connectivity index (χ4n) is 1.00. The average molecular weight is 166 g/mol. The van der Waals surface area contributed by atoms with Crippen molar-refractivity contribution < 1.29 is 4.79 Å². The van der Waals surface area contributed by atoms with E-state index < -0.39 is 0 Å². The lowest BCUT2D eigenvalue weighted by Gasteiger charge is -1.99. The van der Waals surface area contributed by atoms with Crippen LogP contribution in [0.1, 0.15) is 20.3 Å². The summed E-state index contributed by atoms with van der Waals surface area (Å²) in [6.45, 7) is 4.80. The lowest BCUT2D eigenvalue weighted by molar-refractivity contribution is -0.121. The monoisotopic (exact) mass is 166 g/mol. The molecule has 1 aliphatic heterocycles. The second kappa shape index (κ2) is 4.01. The van der Waals surface area contributed by atoms with Crippen molar-refractivity contribution in [2.75, 3.05) is 6.54 Å². The molecule has 0 radical (unpaired) electrons. The number of hydrogen-bond donors (Lipinski definition) is 2. The highest BCUT2D eigenvalue weighted by Crippen LogP contribution is 2.06.